The van der Waals surface area contributed by atoms with Gasteiger partial charge in [0.15, 0.2) is 0 Å². The molecule has 3 aliphatic carbocycles. The molecule has 9 aromatic rings. The van der Waals surface area contributed by atoms with E-state index in [2.05, 4.69) is 166 Å². The molecule has 15 rings (SSSR count). The molecule has 324 valence electrons. The van der Waals surface area contributed by atoms with Crippen molar-refractivity contribution in [1.29, 1.82) is 0 Å². The molecule has 2 fully saturated rings. The normalized spacial score (nSPS) is 18.1. The van der Waals surface area contributed by atoms with Gasteiger partial charge >= 0.3 is 0 Å². The summed E-state index contributed by atoms with van der Waals surface area (Å²) in [5.41, 5.74) is 26.0. The lowest BCUT2D eigenvalue weighted by molar-refractivity contribution is 0.413. The second-order valence-electron chi connectivity index (χ2n) is 23.6. The molecule has 0 amide bonds. The zero-order valence-corrected chi connectivity index (χ0v) is 39.7. The third kappa shape index (κ3) is 4.57. The Labute approximate surface area is 390 Å². The van der Waals surface area contributed by atoms with Gasteiger partial charge in [-0.05, 0) is 144 Å². The Kier molecular flexibility index (Phi) is 7.43. The van der Waals surface area contributed by atoms with Crippen LogP contribution in [-0.2, 0) is 16.2 Å². The quantitative estimate of drug-likeness (QED) is 0.153. The Morgan fingerprint density at radius 3 is 1.77 bits per heavy atom. The summed E-state index contributed by atoms with van der Waals surface area (Å²) in [5.74, 6) is 1.17. The Balaban J connectivity index is 1.20. The van der Waals surface area contributed by atoms with E-state index in [0.717, 1.165) is 0 Å². The molecule has 66 heavy (non-hydrogen) atoms. The molecule has 0 atom stereocenters. The van der Waals surface area contributed by atoms with Crippen LogP contribution in [0.2, 0.25) is 0 Å². The van der Waals surface area contributed by atoms with Gasteiger partial charge in [0.25, 0.3) is 6.71 Å². The van der Waals surface area contributed by atoms with E-state index in [9.17, 15) is 0 Å². The Hall–Kier alpha value is -5.80. The SMILES string of the molecule is CC(C)(C)c1cc2c3c(c1)c1cc(C(C)(C)C)cc4c1n3-c1c(ccc3c1B2c1cc2ccccc2c2c(C5CCCCC5)c(C5CCCCC5)n-3c12)C41c2ccccc2-c2ccccc21. The highest BCUT2D eigenvalue weighted by atomic mass is 15.1. The molecule has 0 saturated heterocycles. The molecule has 0 radical (unpaired) electrons. The zero-order valence-electron chi connectivity index (χ0n) is 39.7. The van der Waals surface area contributed by atoms with Crippen LogP contribution in [0, 0.1) is 0 Å². The van der Waals surface area contributed by atoms with Crippen LogP contribution in [0.4, 0.5) is 0 Å². The van der Waals surface area contributed by atoms with Gasteiger partial charge in [-0.25, -0.2) is 0 Å². The molecule has 0 bridgehead atoms. The van der Waals surface area contributed by atoms with Gasteiger partial charge in [-0.15, -0.1) is 0 Å². The maximum atomic E-state index is 2.95. The number of fused-ring (bicyclic) bond motifs is 13. The van der Waals surface area contributed by atoms with Gasteiger partial charge in [-0.2, -0.15) is 0 Å². The highest BCUT2D eigenvalue weighted by molar-refractivity contribution is 7.00. The molecule has 2 aromatic heterocycles. The van der Waals surface area contributed by atoms with E-state index in [4.69, 9.17) is 0 Å². The highest BCUT2D eigenvalue weighted by Crippen LogP contribution is 2.62. The van der Waals surface area contributed by atoms with Crippen LogP contribution in [0.5, 0.6) is 0 Å². The predicted octanol–water partition coefficient (Wildman–Crippen LogP) is 14.4. The summed E-state index contributed by atoms with van der Waals surface area (Å²) in [6.07, 6.45) is 13.3. The predicted molar refractivity (Wildman–Crippen MR) is 280 cm³/mol. The molecule has 2 saturated carbocycles. The Bertz CT molecular complexity index is 3590. The third-order valence-corrected chi connectivity index (χ3v) is 18.1. The van der Waals surface area contributed by atoms with Crippen molar-refractivity contribution < 1.29 is 0 Å². The molecule has 2 nitrogen and oxygen atoms in total. The molecule has 0 unspecified atom stereocenters. The van der Waals surface area contributed by atoms with Gasteiger partial charge in [0.05, 0.1) is 10.9 Å². The van der Waals surface area contributed by atoms with Crippen LogP contribution < -0.4 is 16.4 Å². The van der Waals surface area contributed by atoms with Crippen LogP contribution in [-0.4, -0.2) is 15.8 Å². The minimum absolute atomic E-state index is 0.0326. The van der Waals surface area contributed by atoms with Crippen LogP contribution in [0.3, 0.4) is 0 Å². The van der Waals surface area contributed by atoms with Crippen molar-refractivity contribution in [3.63, 3.8) is 0 Å². The van der Waals surface area contributed by atoms with Crippen molar-refractivity contribution in [1.82, 2.24) is 9.13 Å². The lowest BCUT2D eigenvalue weighted by atomic mass is 9.33. The number of benzene rings is 7. The van der Waals surface area contributed by atoms with Crippen molar-refractivity contribution in [2.45, 2.75) is 134 Å². The largest absolute Gasteiger partial charge is 0.314 e. The molecule has 6 aliphatic rings. The highest BCUT2D eigenvalue weighted by Gasteiger charge is 2.55. The van der Waals surface area contributed by atoms with Crippen molar-refractivity contribution in [3.8, 4) is 22.5 Å². The molecule has 3 heteroatoms. The number of hydrogen-bond acceptors (Lipinski definition) is 0. The minimum Gasteiger partial charge on any atom is -0.314 e. The summed E-state index contributed by atoms with van der Waals surface area (Å²) in [6, 6.07) is 46.9. The molecular weight excluding hydrogens is 796 g/mol. The zero-order chi connectivity index (χ0) is 44.2. The second-order valence-corrected chi connectivity index (χ2v) is 23.6. The van der Waals surface area contributed by atoms with E-state index in [1.807, 2.05) is 0 Å². The van der Waals surface area contributed by atoms with E-state index in [1.54, 1.807) is 16.6 Å². The van der Waals surface area contributed by atoms with Gasteiger partial charge in [0.2, 0.25) is 0 Å². The van der Waals surface area contributed by atoms with Crippen molar-refractivity contribution in [2.75, 3.05) is 0 Å². The average Bonchev–Trinajstić information content (AvgIpc) is 3.97. The number of hydrogen-bond donors (Lipinski definition) is 0. The van der Waals surface area contributed by atoms with Gasteiger partial charge in [-0.3, -0.25) is 0 Å². The van der Waals surface area contributed by atoms with Crippen molar-refractivity contribution in [2.24, 2.45) is 0 Å². The van der Waals surface area contributed by atoms with Gasteiger partial charge in [0, 0.05) is 44.3 Å². The van der Waals surface area contributed by atoms with Gasteiger partial charge < -0.3 is 9.13 Å². The maximum absolute atomic E-state index is 2.95. The van der Waals surface area contributed by atoms with Crippen molar-refractivity contribution >= 4 is 66.6 Å². The second kappa shape index (κ2) is 12.8. The summed E-state index contributed by atoms with van der Waals surface area (Å²) in [6.45, 7) is 14.6. The van der Waals surface area contributed by atoms with Gasteiger partial charge in [0.1, 0.15) is 0 Å². The number of rotatable bonds is 2. The monoisotopic (exact) mass is 854 g/mol. The fourth-order valence-electron chi connectivity index (χ4n) is 15.3. The first-order valence-electron chi connectivity index (χ1n) is 25.7. The maximum Gasteiger partial charge on any atom is 0.252 e. The molecular formula is C63H59BN2. The van der Waals surface area contributed by atoms with Crippen LogP contribution in [0.1, 0.15) is 162 Å². The van der Waals surface area contributed by atoms with Crippen LogP contribution in [0.25, 0.3) is 66.0 Å². The van der Waals surface area contributed by atoms with Crippen LogP contribution >= 0.6 is 0 Å². The smallest absolute Gasteiger partial charge is 0.252 e. The van der Waals surface area contributed by atoms with Gasteiger partial charge in [-0.1, -0.05) is 177 Å². The van der Waals surface area contributed by atoms with Crippen LogP contribution in [0.15, 0.2) is 115 Å². The fraction of sp³-hybridized carbons (Fsp3) is 0.333. The first-order chi connectivity index (χ1) is 32.0. The van der Waals surface area contributed by atoms with E-state index >= 15 is 0 Å². The average molecular weight is 855 g/mol. The lowest BCUT2D eigenvalue weighted by Crippen LogP contribution is -2.60. The summed E-state index contributed by atoms with van der Waals surface area (Å²) in [5, 5.41) is 7.28. The molecule has 1 spiro atoms. The standard InChI is InChI=1S/C63H59BN2/c1-61(2,3)39-32-44-45-33-40(62(4,5)6)35-51-58(45)66-57(44)49(34-39)63(46-27-17-15-25-42(46)43-26-16-18-28-47(43)63)48-29-30-52-55(59(48)66)64(51)50-31-38-23-13-14-24-41(38)54-53(36-19-9-7-10-20-36)56(65(52)60(50)54)37-21-11-8-12-22-37/h13-18,23-37H,7-12,19-22H2,1-6H3. The third-order valence-electron chi connectivity index (χ3n) is 18.1. The molecule has 7 aromatic carbocycles. The molecule has 5 heterocycles. The lowest BCUT2D eigenvalue weighted by Gasteiger charge is -2.44. The Morgan fingerprint density at radius 2 is 1.09 bits per heavy atom. The molecule has 0 N–H and O–H groups in total. The molecule has 3 aliphatic heterocycles. The summed E-state index contributed by atoms with van der Waals surface area (Å²) in [7, 11) is 0. The van der Waals surface area contributed by atoms with E-state index in [-0.39, 0.29) is 17.5 Å². The van der Waals surface area contributed by atoms with Crippen molar-refractivity contribution in [3.05, 3.63) is 160 Å². The minimum atomic E-state index is -0.481. The first kappa shape index (κ1) is 38.3. The first-order valence-corrected chi connectivity index (χ1v) is 25.7. The van der Waals surface area contributed by atoms with E-state index < -0.39 is 5.41 Å². The number of aromatic nitrogens is 2. The summed E-state index contributed by atoms with van der Waals surface area (Å²) < 4.78 is 5.78. The topological polar surface area (TPSA) is 9.86 Å². The van der Waals surface area contributed by atoms with E-state index in [0.29, 0.717) is 11.8 Å². The number of nitrogens with zero attached hydrogens (tertiary/aromatic N) is 2. The fourth-order valence-corrected chi connectivity index (χ4v) is 15.3. The van der Waals surface area contributed by atoms with E-state index in [1.165, 1.54) is 175 Å². The summed E-state index contributed by atoms with van der Waals surface area (Å²) >= 11 is 0. The Morgan fingerprint density at radius 1 is 0.500 bits per heavy atom. The summed E-state index contributed by atoms with van der Waals surface area (Å²) in [4.78, 5) is 0.